The Kier molecular flexibility index (Phi) is 2.32. The first kappa shape index (κ1) is 9.92. The number of nitrogens with zero attached hydrogens (tertiary/aromatic N) is 3. The number of hydrogen-bond acceptors (Lipinski definition) is 3. The molecular weight excluding hydrogens is 221 g/mol. The van der Waals surface area contributed by atoms with Crippen molar-refractivity contribution < 1.29 is 9.50 Å². The molecule has 0 unspecified atom stereocenters. The lowest BCUT2D eigenvalue weighted by atomic mass is 10.2. The van der Waals surface area contributed by atoms with Gasteiger partial charge in [0.2, 0.25) is 0 Å². The maximum atomic E-state index is 13.4. The molecule has 0 saturated carbocycles. The van der Waals surface area contributed by atoms with E-state index in [1.807, 2.05) is 0 Å². The predicted octanol–water partition coefficient (Wildman–Crippen LogP) is 2.07. The summed E-state index contributed by atoms with van der Waals surface area (Å²) in [5.74, 6) is -0.714. The second kappa shape index (κ2) is 3.51. The van der Waals surface area contributed by atoms with Crippen molar-refractivity contribution in [3.05, 3.63) is 34.7 Å². The van der Waals surface area contributed by atoms with Crippen LogP contribution in [0, 0.1) is 12.7 Å². The summed E-state index contributed by atoms with van der Waals surface area (Å²) in [6, 6.07) is 3.03. The van der Waals surface area contributed by atoms with Gasteiger partial charge in [0.15, 0.2) is 0 Å². The predicted molar refractivity (Wildman–Crippen MR) is 52.7 cm³/mol. The molecule has 0 spiro atoms. The monoisotopic (exact) mass is 227 g/mol. The van der Waals surface area contributed by atoms with Crippen LogP contribution in [0.25, 0.3) is 5.69 Å². The molecule has 0 saturated heterocycles. The standard InChI is InChI=1S/C9H7ClFN3O/c1-5-7(3-2-6(10)9(5)11)14-4-8(15)12-13-14/h2-4,15H,1H3. The number of benzene rings is 1. The van der Waals surface area contributed by atoms with Crippen LogP contribution in [-0.4, -0.2) is 20.1 Å². The average molecular weight is 228 g/mol. The van der Waals surface area contributed by atoms with Crippen LogP contribution in [-0.2, 0) is 0 Å². The number of aromatic nitrogens is 3. The van der Waals surface area contributed by atoms with Crippen molar-refractivity contribution in [3.63, 3.8) is 0 Å². The summed E-state index contributed by atoms with van der Waals surface area (Å²) < 4.78 is 14.7. The Morgan fingerprint density at radius 2 is 2.20 bits per heavy atom. The molecule has 0 aliphatic rings. The minimum atomic E-state index is -0.496. The molecule has 78 valence electrons. The van der Waals surface area contributed by atoms with Crippen molar-refractivity contribution in [3.8, 4) is 11.6 Å². The second-order valence-corrected chi connectivity index (χ2v) is 3.43. The average Bonchev–Trinajstić information content (AvgIpc) is 2.61. The zero-order valence-corrected chi connectivity index (χ0v) is 8.53. The Bertz CT molecular complexity index is 512. The van der Waals surface area contributed by atoms with Gasteiger partial charge in [-0.05, 0) is 19.1 Å². The Morgan fingerprint density at radius 3 is 2.80 bits per heavy atom. The number of aromatic hydroxyl groups is 1. The zero-order valence-electron chi connectivity index (χ0n) is 7.78. The molecule has 0 aliphatic heterocycles. The van der Waals surface area contributed by atoms with Crippen LogP contribution in [0.3, 0.4) is 0 Å². The lowest BCUT2D eigenvalue weighted by Crippen LogP contribution is -2.00. The third-order valence-electron chi connectivity index (χ3n) is 2.04. The number of rotatable bonds is 1. The molecule has 0 fully saturated rings. The van der Waals surface area contributed by atoms with Gasteiger partial charge in [0.1, 0.15) is 5.82 Å². The summed E-state index contributed by atoms with van der Waals surface area (Å²) >= 11 is 5.61. The molecule has 15 heavy (non-hydrogen) atoms. The second-order valence-electron chi connectivity index (χ2n) is 3.03. The van der Waals surface area contributed by atoms with Gasteiger partial charge in [0.25, 0.3) is 5.88 Å². The molecule has 0 bridgehead atoms. The van der Waals surface area contributed by atoms with Crippen LogP contribution < -0.4 is 0 Å². The van der Waals surface area contributed by atoms with E-state index in [0.29, 0.717) is 11.3 Å². The first-order valence-electron chi connectivity index (χ1n) is 4.16. The van der Waals surface area contributed by atoms with Gasteiger partial charge >= 0.3 is 0 Å². The van der Waals surface area contributed by atoms with Gasteiger partial charge in [-0.15, -0.1) is 0 Å². The largest absolute Gasteiger partial charge is 0.491 e. The Morgan fingerprint density at radius 1 is 1.47 bits per heavy atom. The summed E-state index contributed by atoms with van der Waals surface area (Å²) in [6.07, 6.45) is 1.29. The maximum Gasteiger partial charge on any atom is 0.251 e. The highest BCUT2D eigenvalue weighted by molar-refractivity contribution is 6.30. The van der Waals surface area contributed by atoms with E-state index >= 15 is 0 Å². The fourth-order valence-corrected chi connectivity index (χ4v) is 1.47. The highest BCUT2D eigenvalue weighted by atomic mass is 35.5. The van der Waals surface area contributed by atoms with Gasteiger partial charge in [-0.3, -0.25) is 0 Å². The van der Waals surface area contributed by atoms with Crippen molar-refractivity contribution in [2.75, 3.05) is 0 Å². The Balaban J connectivity index is 2.59. The van der Waals surface area contributed by atoms with E-state index in [1.165, 1.54) is 16.9 Å². The summed E-state index contributed by atoms with van der Waals surface area (Å²) in [7, 11) is 0. The molecule has 1 heterocycles. The SMILES string of the molecule is Cc1c(-n2cc(O)nn2)ccc(Cl)c1F. The van der Waals surface area contributed by atoms with E-state index in [-0.39, 0.29) is 10.9 Å². The van der Waals surface area contributed by atoms with Gasteiger partial charge in [-0.25, -0.2) is 9.07 Å². The van der Waals surface area contributed by atoms with Gasteiger partial charge in [0.05, 0.1) is 16.9 Å². The van der Waals surface area contributed by atoms with Crippen molar-refractivity contribution in [1.82, 2.24) is 15.0 Å². The Labute approximate surface area is 89.9 Å². The van der Waals surface area contributed by atoms with Crippen molar-refractivity contribution in [2.24, 2.45) is 0 Å². The van der Waals surface area contributed by atoms with E-state index in [0.717, 1.165) is 0 Å². The van der Waals surface area contributed by atoms with Crippen LogP contribution in [0.2, 0.25) is 5.02 Å². The quantitative estimate of drug-likeness (QED) is 0.812. The minimum absolute atomic E-state index is 0.0561. The van der Waals surface area contributed by atoms with Gasteiger partial charge in [-0.2, -0.15) is 0 Å². The molecule has 1 aromatic heterocycles. The molecule has 2 aromatic rings. The third kappa shape index (κ3) is 1.66. The first-order chi connectivity index (χ1) is 7.09. The lowest BCUT2D eigenvalue weighted by molar-refractivity contribution is 0.452. The molecule has 4 nitrogen and oxygen atoms in total. The molecule has 0 aliphatic carbocycles. The van der Waals surface area contributed by atoms with Gasteiger partial charge < -0.3 is 5.11 Å². The fraction of sp³-hybridized carbons (Fsp3) is 0.111. The molecular formula is C9H7ClFN3O. The zero-order chi connectivity index (χ0) is 11.0. The van der Waals surface area contributed by atoms with Crippen LogP contribution in [0.4, 0.5) is 4.39 Å². The van der Waals surface area contributed by atoms with Crippen LogP contribution in [0.15, 0.2) is 18.3 Å². The topological polar surface area (TPSA) is 50.9 Å². The van der Waals surface area contributed by atoms with Crippen LogP contribution in [0.5, 0.6) is 5.88 Å². The van der Waals surface area contributed by atoms with Gasteiger partial charge in [0, 0.05) is 5.56 Å². The molecule has 6 heteroatoms. The fourth-order valence-electron chi connectivity index (χ4n) is 1.26. The molecule has 1 N–H and O–H groups in total. The molecule has 0 amide bonds. The van der Waals surface area contributed by atoms with Crippen molar-refractivity contribution in [2.45, 2.75) is 6.92 Å². The van der Waals surface area contributed by atoms with E-state index in [9.17, 15) is 4.39 Å². The summed E-state index contributed by atoms with van der Waals surface area (Å²) in [5.41, 5.74) is 0.845. The maximum absolute atomic E-state index is 13.4. The number of hydrogen-bond donors (Lipinski definition) is 1. The highest BCUT2D eigenvalue weighted by Crippen LogP contribution is 2.23. The molecule has 0 atom stereocenters. The Hall–Kier alpha value is -1.62. The van der Waals surface area contributed by atoms with Crippen LogP contribution in [0.1, 0.15) is 5.56 Å². The normalized spacial score (nSPS) is 10.6. The van der Waals surface area contributed by atoms with Crippen molar-refractivity contribution in [1.29, 1.82) is 0 Å². The highest BCUT2D eigenvalue weighted by Gasteiger charge is 2.10. The first-order valence-corrected chi connectivity index (χ1v) is 4.53. The lowest BCUT2D eigenvalue weighted by Gasteiger charge is -2.06. The van der Waals surface area contributed by atoms with Crippen LogP contribution >= 0.6 is 11.6 Å². The summed E-state index contributed by atoms with van der Waals surface area (Å²) in [6.45, 7) is 1.58. The summed E-state index contributed by atoms with van der Waals surface area (Å²) in [4.78, 5) is 0. The smallest absolute Gasteiger partial charge is 0.251 e. The van der Waals surface area contributed by atoms with E-state index in [2.05, 4.69) is 10.3 Å². The van der Waals surface area contributed by atoms with E-state index < -0.39 is 5.82 Å². The molecule has 2 rings (SSSR count). The number of halogens is 2. The van der Waals surface area contributed by atoms with E-state index in [4.69, 9.17) is 16.7 Å². The minimum Gasteiger partial charge on any atom is -0.491 e. The summed E-state index contributed by atoms with van der Waals surface area (Å²) in [5, 5.41) is 16.1. The van der Waals surface area contributed by atoms with E-state index in [1.54, 1.807) is 13.0 Å². The third-order valence-corrected chi connectivity index (χ3v) is 2.33. The molecule has 1 aromatic carbocycles. The van der Waals surface area contributed by atoms with Gasteiger partial charge in [-0.1, -0.05) is 21.9 Å². The van der Waals surface area contributed by atoms with Crippen molar-refractivity contribution >= 4 is 11.6 Å². The molecule has 0 radical (unpaired) electrons.